The zero-order valence-electron chi connectivity index (χ0n) is 8.48. The molecule has 0 heterocycles. The Kier molecular flexibility index (Phi) is 9.50. The first-order valence-electron chi connectivity index (χ1n) is 4.36. The van der Waals surface area contributed by atoms with E-state index in [1.54, 1.807) is 4.90 Å². The molecule has 0 aliphatic heterocycles. The van der Waals surface area contributed by atoms with Gasteiger partial charge in [0.15, 0.2) is 33.2 Å². The molecule has 0 aromatic rings. The SMILES string of the molecule is O=S(O)CCN(CCS(=O)O)CCS(=O)O. The molecule has 0 aliphatic carbocycles. The zero-order chi connectivity index (χ0) is 12.6. The van der Waals surface area contributed by atoms with Gasteiger partial charge in [-0.1, -0.05) is 0 Å². The molecule has 0 fully saturated rings. The van der Waals surface area contributed by atoms with Crippen LogP contribution >= 0.6 is 0 Å². The molecular weight excluding hydrogens is 278 g/mol. The van der Waals surface area contributed by atoms with Crippen molar-refractivity contribution in [3.8, 4) is 0 Å². The first-order chi connectivity index (χ1) is 7.41. The van der Waals surface area contributed by atoms with Crippen molar-refractivity contribution in [3.63, 3.8) is 0 Å². The Balaban J connectivity index is 3.98. The van der Waals surface area contributed by atoms with E-state index in [0.717, 1.165) is 0 Å². The lowest BCUT2D eigenvalue weighted by Crippen LogP contribution is -2.34. The maximum atomic E-state index is 10.4. The molecule has 0 amide bonds. The maximum Gasteiger partial charge on any atom is 0.154 e. The highest BCUT2D eigenvalue weighted by atomic mass is 32.2. The minimum absolute atomic E-state index is 0.0100. The van der Waals surface area contributed by atoms with E-state index in [1.807, 2.05) is 0 Å². The standard InChI is InChI=1S/C6H15NO6S3/c8-14(9)4-1-7(2-5-15(10)11)3-6-16(12)13/h1-6H2,(H,8,9)(H,10,11)(H,12,13). The molecule has 0 aliphatic rings. The summed E-state index contributed by atoms with van der Waals surface area (Å²) in [6.45, 7) is 0.743. The van der Waals surface area contributed by atoms with E-state index in [-0.39, 0.29) is 36.9 Å². The van der Waals surface area contributed by atoms with E-state index >= 15 is 0 Å². The van der Waals surface area contributed by atoms with E-state index in [0.29, 0.717) is 0 Å². The minimum atomic E-state index is -1.93. The summed E-state index contributed by atoms with van der Waals surface area (Å²) in [6, 6.07) is 0. The molecule has 0 bridgehead atoms. The second-order valence-electron chi connectivity index (χ2n) is 2.92. The Labute approximate surface area is 101 Å². The van der Waals surface area contributed by atoms with Gasteiger partial charge in [-0.15, -0.1) is 0 Å². The number of hydrogen-bond acceptors (Lipinski definition) is 4. The van der Waals surface area contributed by atoms with Gasteiger partial charge in [0.1, 0.15) is 0 Å². The molecule has 3 atom stereocenters. The molecule has 7 nitrogen and oxygen atoms in total. The van der Waals surface area contributed by atoms with Gasteiger partial charge in [0.2, 0.25) is 0 Å². The van der Waals surface area contributed by atoms with Crippen LogP contribution in [0.5, 0.6) is 0 Å². The molecule has 0 rings (SSSR count). The fourth-order valence-corrected chi connectivity index (χ4v) is 2.20. The Bertz CT molecular complexity index is 230. The summed E-state index contributed by atoms with van der Waals surface area (Å²) in [4.78, 5) is 1.61. The van der Waals surface area contributed by atoms with Gasteiger partial charge in [-0.3, -0.25) is 0 Å². The van der Waals surface area contributed by atoms with Crippen molar-refractivity contribution in [2.45, 2.75) is 0 Å². The zero-order valence-corrected chi connectivity index (χ0v) is 10.9. The van der Waals surface area contributed by atoms with E-state index in [4.69, 9.17) is 13.7 Å². The predicted octanol–water partition coefficient (Wildman–Crippen LogP) is -1.05. The van der Waals surface area contributed by atoms with E-state index in [2.05, 4.69) is 0 Å². The second-order valence-corrected chi connectivity index (χ2v) is 6.07. The maximum absolute atomic E-state index is 10.4. The van der Waals surface area contributed by atoms with Crippen LogP contribution in [-0.2, 0) is 33.2 Å². The lowest BCUT2D eigenvalue weighted by Gasteiger charge is -2.19. The van der Waals surface area contributed by atoms with Crippen LogP contribution in [0.4, 0.5) is 0 Å². The summed E-state index contributed by atoms with van der Waals surface area (Å²) >= 11 is -5.80. The molecule has 0 spiro atoms. The summed E-state index contributed by atoms with van der Waals surface area (Å²) in [5, 5.41) is 0. The highest BCUT2D eigenvalue weighted by Gasteiger charge is 2.09. The summed E-state index contributed by atoms with van der Waals surface area (Å²) < 4.78 is 57.1. The van der Waals surface area contributed by atoms with Gasteiger partial charge in [-0.25, -0.2) is 12.6 Å². The molecule has 0 aromatic carbocycles. The molecule has 0 aromatic heterocycles. The van der Waals surface area contributed by atoms with Gasteiger partial charge in [0.05, 0.1) is 17.3 Å². The fraction of sp³-hybridized carbons (Fsp3) is 1.00. The van der Waals surface area contributed by atoms with E-state index in [1.165, 1.54) is 0 Å². The molecule has 0 saturated heterocycles. The Morgan fingerprint density at radius 2 is 0.938 bits per heavy atom. The lowest BCUT2D eigenvalue weighted by molar-refractivity contribution is 0.321. The molecule has 0 saturated carbocycles. The summed E-state index contributed by atoms with van der Waals surface area (Å²) in [5.74, 6) is 0.0301. The van der Waals surface area contributed by atoms with Crippen LogP contribution in [0, 0.1) is 0 Å². The van der Waals surface area contributed by atoms with Crippen molar-refractivity contribution in [1.82, 2.24) is 4.90 Å². The number of hydrogen-bond donors (Lipinski definition) is 3. The third-order valence-corrected chi connectivity index (χ3v) is 3.34. The summed E-state index contributed by atoms with van der Waals surface area (Å²) in [5.41, 5.74) is 0. The second kappa shape index (κ2) is 9.33. The molecule has 0 radical (unpaired) electrons. The van der Waals surface area contributed by atoms with Crippen LogP contribution in [0.15, 0.2) is 0 Å². The fourth-order valence-electron chi connectivity index (χ4n) is 0.957. The lowest BCUT2D eigenvalue weighted by atomic mass is 10.5. The Morgan fingerprint density at radius 3 is 1.12 bits per heavy atom. The van der Waals surface area contributed by atoms with Crippen molar-refractivity contribution in [1.29, 1.82) is 0 Å². The summed E-state index contributed by atoms with van der Waals surface area (Å²) in [6.07, 6.45) is 0. The summed E-state index contributed by atoms with van der Waals surface area (Å²) in [7, 11) is 0. The van der Waals surface area contributed by atoms with Crippen molar-refractivity contribution < 1.29 is 26.3 Å². The van der Waals surface area contributed by atoms with Gasteiger partial charge in [-0.2, -0.15) is 0 Å². The van der Waals surface area contributed by atoms with E-state index in [9.17, 15) is 12.6 Å². The Morgan fingerprint density at radius 1 is 0.688 bits per heavy atom. The number of nitrogens with zero attached hydrogens (tertiary/aromatic N) is 1. The van der Waals surface area contributed by atoms with Crippen molar-refractivity contribution in [3.05, 3.63) is 0 Å². The van der Waals surface area contributed by atoms with Crippen molar-refractivity contribution in [2.24, 2.45) is 0 Å². The van der Waals surface area contributed by atoms with Gasteiger partial charge < -0.3 is 18.6 Å². The van der Waals surface area contributed by atoms with Crippen LogP contribution in [0.2, 0.25) is 0 Å². The van der Waals surface area contributed by atoms with Crippen molar-refractivity contribution >= 4 is 33.2 Å². The van der Waals surface area contributed by atoms with Crippen molar-refractivity contribution in [2.75, 3.05) is 36.9 Å². The van der Waals surface area contributed by atoms with Crippen LogP contribution < -0.4 is 0 Å². The van der Waals surface area contributed by atoms with Crippen LogP contribution in [0.3, 0.4) is 0 Å². The van der Waals surface area contributed by atoms with E-state index < -0.39 is 33.2 Å². The predicted molar refractivity (Wildman–Crippen MR) is 63.4 cm³/mol. The van der Waals surface area contributed by atoms with Crippen LogP contribution in [0.1, 0.15) is 0 Å². The number of rotatable bonds is 9. The van der Waals surface area contributed by atoms with Gasteiger partial charge in [-0.05, 0) is 0 Å². The highest BCUT2D eigenvalue weighted by Crippen LogP contribution is 1.92. The molecule has 98 valence electrons. The average Bonchev–Trinajstić information content (AvgIpc) is 2.15. The molecule has 3 N–H and O–H groups in total. The quantitative estimate of drug-likeness (QED) is 0.465. The normalized spacial score (nSPS) is 17.2. The van der Waals surface area contributed by atoms with Crippen LogP contribution in [-0.4, -0.2) is 68.1 Å². The molecular formula is C6H15NO6S3. The third kappa shape index (κ3) is 10.8. The first kappa shape index (κ1) is 16.3. The monoisotopic (exact) mass is 293 g/mol. The molecule has 16 heavy (non-hydrogen) atoms. The van der Waals surface area contributed by atoms with Gasteiger partial charge in [0, 0.05) is 19.6 Å². The highest BCUT2D eigenvalue weighted by molar-refractivity contribution is 7.79. The van der Waals surface area contributed by atoms with Gasteiger partial charge >= 0.3 is 0 Å². The largest absolute Gasteiger partial charge is 0.306 e. The minimum Gasteiger partial charge on any atom is -0.306 e. The smallest absolute Gasteiger partial charge is 0.154 e. The van der Waals surface area contributed by atoms with Gasteiger partial charge in [0.25, 0.3) is 0 Å². The average molecular weight is 293 g/mol. The molecule has 3 unspecified atom stereocenters. The first-order valence-corrected chi connectivity index (χ1v) is 8.19. The van der Waals surface area contributed by atoms with Crippen LogP contribution in [0.25, 0.3) is 0 Å². The third-order valence-electron chi connectivity index (χ3n) is 1.75. The Hall–Kier alpha value is 0.290. The topological polar surface area (TPSA) is 115 Å². The molecule has 10 heteroatoms.